The predicted molar refractivity (Wildman–Crippen MR) is 73.0 cm³/mol. The molecule has 0 amide bonds. The Morgan fingerprint density at radius 1 is 1.12 bits per heavy atom. The second-order valence-electron chi connectivity index (χ2n) is 5.13. The first-order valence-corrected chi connectivity index (χ1v) is 6.79. The first-order valence-electron chi connectivity index (χ1n) is 6.79. The summed E-state index contributed by atoms with van der Waals surface area (Å²) >= 11 is 0. The molecule has 1 aliphatic carbocycles. The van der Waals surface area contributed by atoms with E-state index in [-0.39, 0.29) is 6.04 Å². The second-order valence-corrected chi connectivity index (χ2v) is 5.13. The van der Waals surface area contributed by atoms with Gasteiger partial charge in [-0.25, -0.2) is 9.59 Å². The van der Waals surface area contributed by atoms with E-state index in [1.165, 1.54) is 12.8 Å². The Bertz CT molecular complexity index is 478. The number of nitrogens with two attached hydrogens (primary N) is 1. The summed E-state index contributed by atoms with van der Waals surface area (Å²) in [5.74, 6) is -3.65. The molecule has 1 fully saturated rings. The van der Waals surface area contributed by atoms with Gasteiger partial charge in [0.25, 0.3) is 0 Å². The third-order valence-corrected chi connectivity index (χ3v) is 3.01. The third-order valence-electron chi connectivity index (χ3n) is 3.01. The van der Waals surface area contributed by atoms with Crippen molar-refractivity contribution in [1.29, 1.82) is 0 Å². The van der Waals surface area contributed by atoms with Gasteiger partial charge in [0.1, 0.15) is 5.84 Å². The van der Waals surface area contributed by atoms with E-state index >= 15 is 0 Å². The van der Waals surface area contributed by atoms with Gasteiger partial charge < -0.3 is 20.8 Å². The molecule has 13 heteroatoms. The topological polar surface area (TPSA) is 116 Å². The summed E-state index contributed by atoms with van der Waals surface area (Å²) in [6.45, 7) is 1.99. The Morgan fingerprint density at radius 3 is 1.68 bits per heavy atom. The maximum absolute atomic E-state index is 10.6. The zero-order chi connectivity index (χ0) is 20.0. The van der Waals surface area contributed by atoms with Crippen LogP contribution in [-0.2, 0) is 9.59 Å². The molecule has 1 aliphatic heterocycles. The van der Waals surface area contributed by atoms with Crippen LogP contribution in [-0.4, -0.2) is 71.4 Å². The first kappa shape index (κ1) is 22.9. The Balaban J connectivity index is 0.000000366. The Morgan fingerprint density at radius 2 is 1.48 bits per heavy atom. The monoisotopic (exact) mass is 381 g/mol. The SMILES string of the molecule is CN1CCN=C1C(N)C1CC1.O=C(O)C(F)(F)F.O=C(O)C(F)(F)F. The van der Waals surface area contributed by atoms with E-state index in [0.717, 1.165) is 24.8 Å². The molecule has 0 spiro atoms. The summed E-state index contributed by atoms with van der Waals surface area (Å²) in [5, 5.41) is 14.2. The fourth-order valence-corrected chi connectivity index (χ4v) is 1.58. The van der Waals surface area contributed by atoms with Gasteiger partial charge in [0.15, 0.2) is 0 Å². The first-order chi connectivity index (χ1) is 11.2. The number of carboxylic acid groups (broad SMARTS) is 2. The van der Waals surface area contributed by atoms with Crippen LogP contribution in [0.3, 0.4) is 0 Å². The standard InChI is InChI=1S/C8H15N3.2C2HF3O2/c1-11-5-4-10-8(11)7(9)6-2-3-6;2*3-2(4,5)1(6)7/h6-7H,2-5,9H2,1H3;2*(H,6,7). The molecule has 4 N–H and O–H groups in total. The molecule has 0 radical (unpaired) electrons. The molecular weight excluding hydrogens is 364 g/mol. The van der Waals surface area contributed by atoms with E-state index in [9.17, 15) is 26.3 Å². The van der Waals surface area contributed by atoms with Crippen LogP contribution in [0, 0.1) is 5.92 Å². The van der Waals surface area contributed by atoms with Gasteiger partial charge in [-0.05, 0) is 18.8 Å². The smallest absolute Gasteiger partial charge is 0.475 e. The average Bonchev–Trinajstić information content (AvgIpc) is 3.19. The molecule has 2 rings (SSSR count). The summed E-state index contributed by atoms with van der Waals surface area (Å²) in [6.07, 6.45) is -7.57. The molecule has 1 heterocycles. The van der Waals surface area contributed by atoms with Crippen molar-refractivity contribution >= 4 is 17.8 Å². The summed E-state index contributed by atoms with van der Waals surface area (Å²) in [4.78, 5) is 24.4. The van der Waals surface area contributed by atoms with Crippen molar-refractivity contribution in [1.82, 2.24) is 4.90 Å². The number of alkyl halides is 6. The third kappa shape index (κ3) is 9.12. The number of aliphatic carboxylic acids is 2. The lowest BCUT2D eigenvalue weighted by atomic mass is 10.2. The van der Waals surface area contributed by atoms with Crippen LogP contribution in [0.25, 0.3) is 0 Å². The summed E-state index contributed by atoms with van der Waals surface area (Å²) < 4.78 is 63.5. The number of amidine groups is 1. The minimum absolute atomic E-state index is 0.225. The van der Waals surface area contributed by atoms with Crippen LogP contribution in [0.15, 0.2) is 4.99 Å². The molecule has 2 aliphatic rings. The van der Waals surface area contributed by atoms with Gasteiger partial charge in [0.05, 0.1) is 12.6 Å². The van der Waals surface area contributed by atoms with Gasteiger partial charge in [-0.3, -0.25) is 4.99 Å². The van der Waals surface area contributed by atoms with Crippen molar-refractivity contribution in [3.8, 4) is 0 Å². The van der Waals surface area contributed by atoms with Gasteiger partial charge in [0.2, 0.25) is 0 Å². The zero-order valence-corrected chi connectivity index (χ0v) is 12.9. The quantitative estimate of drug-likeness (QED) is 0.622. The molecule has 0 bridgehead atoms. The van der Waals surface area contributed by atoms with Crippen molar-refractivity contribution in [3.05, 3.63) is 0 Å². The number of carboxylic acids is 2. The lowest BCUT2D eigenvalue weighted by Gasteiger charge is -2.19. The highest BCUT2D eigenvalue weighted by Crippen LogP contribution is 2.32. The van der Waals surface area contributed by atoms with E-state index in [0.29, 0.717) is 0 Å². The highest BCUT2D eigenvalue weighted by atomic mass is 19.4. The Hall–Kier alpha value is -2.05. The summed E-state index contributed by atoms with van der Waals surface area (Å²) in [5.41, 5.74) is 6.00. The van der Waals surface area contributed by atoms with Crippen LogP contribution < -0.4 is 5.73 Å². The van der Waals surface area contributed by atoms with E-state index in [1.54, 1.807) is 0 Å². The number of carbonyl (C=O) groups is 2. The molecule has 0 aromatic heterocycles. The predicted octanol–water partition coefficient (Wildman–Crippen LogP) is 1.33. The van der Waals surface area contributed by atoms with E-state index < -0.39 is 24.3 Å². The number of aliphatic imine (C=N–C) groups is 1. The zero-order valence-electron chi connectivity index (χ0n) is 12.9. The maximum atomic E-state index is 10.6. The fraction of sp³-hybridized carbons (Fsp3) is 0.750. The lowest BCUT2D eigenvalue weighted by Crippen LogP contribution is -2.40. The largest absolute Gasteiger partial charge is 0.490 e. The highest BCUT2D eigenvalue weighted by molar-refractivity contribution is 5.89. The Kier molecular flexibility index (Phi) is 8.15. The molecule has 0 aromatic carbocycles. The second kappa shape index (κ2) is 8.87. The van der Waals surface area contributed by atoms with E-state index in [1.807, 2.05) is 0 Å². The summed E-state index contributed by atoms with van der Waals surface area (Å²) in [7, 11) is 2.08. The normalized spacial score (nSPS) is 18.2. The van der Waals surface area contributed by atoms with Gasteiger partial charge in [-0.2, -0.15) is 26.3 Å². The minimum atomic E-state index is -5.08. The van der Waals surface area contributed by atoms with E-state index in [4.69, 9.17) is 25.5 Å². The molecule has 0 aromatic rings. The molecule has 146 valence electrons. The number of likely N-dealkylation sites (N-methyl/N-ethyl adjacent to an activating group) is 1. The average molecular weight is 381 g/mol. The molecule has 7 nitrogen and oxygen atoms in total. The van der Waals surface area contributed by atoms with Gasteiger partial charge in [-0.15, -0.1) is 0 Å². The molecule has 0 saturated heterocycles. The number of rotatable bonds is 2. The van der Waals surface area contributed by atoms with Crippen LogP contribution in [0.2, 0.25) is 0 Å². The molecular formula is C12H17F6N3O4. The van der Waals surface area contributed by atoms with Crippen LogP contribution in [0.5, 0.6) is 0 Å². The number of hydrogen-bond donors (Lipinski definition) is 3. The van der Waals surface area contributed by atoms with Crippen molar-refractivity contribution in [2.45, 2.75) is 31.2 Å². The van der Waals surface area contributed by atoms with E-state index in [2.05, 4.69) is 16.9 Å². The summed E-state index contributed by atoms with van der Waals surface area (Å²) in [6, 6.07) is 0.225. The molecule has 1 saturated carbocycles. The van der Waals surface area contributed by atoms with Crippen molar-refractivity contribution < 1.29 is 46.1 Å². The van der Waals surface area contributed by atoms with Crippen molar-refractivity contribution in [3.63, 3.8) is 0 Å². The number of nitrogens with zero attached hydrogens (tertiary/aromatic N) is 2. The maximum Gasteiger partial charge on any atom is 0.490 e. The van der Waals surface area contributed by atoms with Gasteiger partial charge >= 0.3 is 24.3 Å². The molecule has 1 atom stereocenters. The molecule has 25 heavy (non-hydrogen) atoms. The van der Waals surface area contributed by atoms with Gasteiger partial charge in [-0.1, -0.05) is 0 Å². The minimum Gasteiger partial charge on any atom is -0.475 e. The van der Waals surface area contributed by atoms with Crippen LogP contribution >= 0.6 is 0 Å². The Labute approximate surface area is 138 Å². The van der Waals surface area contributed by atoms with Crippen molar-refractivity contribution in [2.24, 2.45) is 16.6 Å². The fourth-order valence-electron chi connectivity index (χ4n) is 1.58. The van der Waals surface area contributed by atoms with Gasteiger partial charge in [0, 0.05) is 13.6 Å². The van der Waals surface area contributed by atoms with Crippen LogP contribution in [0.4, 0.5) is 26.3 Å². The lowest BCUT2D eigenvalue weighted by molar-refractivity contribution is -0.193. The number of hydrogen-bond acceptors (Lipinski definition) is 5. The molecule has 1 unspecified atom stereocenters. The number of halogens is 6. The van der Waals surface area contributed by atoms with Crippen LogP contribution in [0.1, 0.15) is 12.8 Å². The van der Waals surface area contributed by atoms with Crippen molar-refractivity contribution in [2.75, 3.05) is 20.1 Å². The highest BCUT2D eigenvalue weighted by Gasteiger charge is 2.39.